The van der Waals surface area contributed by atoms with Crippen LogP contribution in [0.1, 0.15) is 44.1 Å². The molecule has 1 aliphatic heterocycles. The number of nitrogens with one attached hydrogen (secondary N) is 1. The Bertz CT molecular complexity index is 376. The van der Waals surface area contributed by atoms with Gasteiger partial charge in [0.1, 0.15) is 11.5 Å². The van der Waals surface area contributed by atoms with Crippen LogP contribution in [0, 0.1) is 0 Å². The van der Waals surface area contributed by atoms with Crippen molar-refractivity contribution in [2.45, 2.75) is 57.7 Å². The van der Waals surface area contributed by atoms with Gasteiger partial charge in [0.15, 0.2) is 0 Å². The first kappa shape index (κ1) is 12.2. The minimum absolute atomic E-state index is 0.676. The van der Waals surface area contributed by atoms with Gasteiger partial charge in [-0.05, 0) is 50.9 Å². The molecule has 3 nitrogen and oxygen atoms in total. The first-order valence-corrected chi connectivity index (χ1v) is 7.40. The fourth-order valence-corrected chi connectivity index (χ4v) is 2.86. The third kappa shape index (κ3) is 2.96. The first-order valence-electron chi connectivity index (χ1n) is 7.40. The van der Waals surface area contributed by atoms with Crippen LogP contribution in [0.2, 0.25) is 0 Å². The van der Waals surface area contributed by atoms with Gasteiger partial charge >= 0.3 is 0 Å². The van der Waals surface area contributed by atoms with Gasteiger partial charge in [0.2, 0.25) is 0 Å². The highest BCUT2D eigenvalue weighted by atomic mass is 16.3. The van der Waals surface area contributed by atoms with Gasteiger partial charge in [0.05, 0.1) is 6.54 Å². The number of piperidine rings is 1. The molecular weight excluding hydrogens is 224 g/mol. The number of hydrogen-bond acceptors (Lipinski definition) is 3. The van der Waals surface area contributed by atoms with Gasteiger partial charge in [-0.2, -0.15) is 0 Å². The van der Waals surface area contributed by atoms with Crippen LogP contribution in [0.25, 0.3) is 0 Å². The number of rotatable bonds is 5. The lowest BCUT2D eigenvalue weighted by molar-refractivity contribution is 0.187. The molecule has 0 radical (unpaired) electrons. The van der Waals surface area contributed by atoms with Crippen molar-refractivity contribution in [3.8, 4) is 0 Å². The molecule has 1 aliphatic carbocycles. The molecule has 1 aromatic heterocycles. The van der Waals surface area contributed by atoms with Gasteiger partial charge in [-0.15, -0.1) is 0 Å². The van der Waals surface area contributed by atoms with E-state index >= 15 is 0 Å². The second-order valence-corrected chi connectivity index (χ2v) is 5.64. The second kappa shape index (κ2) is 5.45. The van der Waals surface area contributed by atoms with E-state index in [0.29, 0.717) is 6.04 Å². The molecular formula is C15H24N2O. The number of nitrogens with zero attached hydrogens (tertiary/aromatic N) is 1. The first-order chi connectivity index (χ1) is 8.85. The van der Waals surface area contributed by atoms with E-state index in [1.54, 1.807) is 0 Å². The molecule has 0 atom stereocenters. The molecule has 0 aromatic carbocycles. The lowest BCUT2D eigenvalue weighted by Crippen LogP contribution is -2.43. The Labute approximate surface area is 110 Å². The molecule has 1 saturated heterocycles. The Kier molecular flexibility index (Phi) is 3.71. The lowest BCUT2D eigenvalue weighted by atomic mass is 10.0. The summed E-state index contributed by atoms with van der Waals surface area (Å²) in [4.78, 5) is 2.67. The van der Waals surface area contributed by atoms with Crippen LogP contribution in [-0.4, -0.2) is 30.1 Å². The van der Waals surface area contributed by atoms with E-state index in [-0.39, 0.29) is 0 Å². The third-order valence-electron chi connectivity index (χ3n) is 4.22. The van der Waals surface area contributed by atoms with Gasteiger partial charge in [0.25, 0.3) is 0 Å². The average Bonchev–Trinajstić information content (AvgIpc) is 3.16. The smallest absolute Gasteiger partial charge is 0.117 e. The Hall–Kier alpha value is -0.800. The van der Waals surface area contributed by atoms with Crippen molar-refractivity contribution in [2.24, 2.45) is 0 Å². The number of hydrogen-bond donors (Lipinski definition) is 1. The SMILES string of the molecule is CCc1ccc(CNC2CCN(C3CC3)CC2)o1. The quantitative estimate of drug-likeness (QED) is 0.868. The number of aryl methyl sites for hydroxylation is 1. The van der Waals surface area contributed by atoms with Crippen molar-refractivity contribution in [2.75, 3.05) is 13.1 Å². The third-order valence-corrected chi connectivity index (χ3v) is 4.22. The maximum Gasteiger partial charge on any atom is 0.117 e. The summed E-state index contributed by atoms with van der Waals surface area (Å²) >= 11 is 0. The van der Waals surface area contributed by atoms with Crippen molar-refractivity contribution < 1.29 is 4.42 Å². The summed E-state index contributed by atoms with van der Waals surface area (Å²) in [5.41, 5.74) is 0. The normalized spacial score (nSPS) is 22.5. The van der Waals surface area contributed by atoms with E-state index in [9.17, 15) is 0 Å². The number of likely N-dealkylation sites (tertiary alicyclic amines) is 1. The van der Waals surface area contributed by atoms with Crippen LogP contribution in [0.15, 0.2) is 16.5 Å². The van der Waals surface area contributed by atoms with Crippen LogP contribution < -0.4 is 5.32 Å². The van der Waals surface area contributed by atoms with Crippen molar-refractivity contribution in [3.63, 3.8) is 0 Å². The number of furan rings is 1. The maximum absolute atomic E-state index is 5.72. The van der Waals surface area contributed by atoms with Gasteiger partial charge < -0.3 is 14.6 Å². The van der Waals surface area contributed by atoms with Crippen LogP contribution >= 0.6 is 0 Å². The van der Waals surface area contributed by atoms with Gasteiger partial charge in [-0.1, -0.05) is 6.92 Å². The van der Waals surface area contributed by atoms with E-state index in [1.165, 1.54) is 38.8 Å². The fraction of sp³-hybridized carbons (Fsp3) is 0.733. The lowest BCUT2D eigenvalue weighted by Gasteiger charge is -2.32. The molecule has 3 rings (SSSR count). The van der Waals surface area contributed by atoms with Crippen LogP contribution in [0.4, 0.5) is 0 Å². The van der Waals surface area contributed by atoms with E-state index in [1.807, 2.05) is 0 Å². The largest absolute Gasteiger partial charge is 0.465 e. The molecule has 100 valence electrons. The van der Waals surface area contributed by atoms with E-state index < -0.39 is 0 Å². The standard InChI is InChI=1S/C15H24N2O/c1-2-14-5-6-15(18-14)11-16-12-7-9-17(10-8-12)13-3-4-13/h5-6,12-13,16H,2-4,7-11H2,1H3. The molecule has 0 unspecified atom stereocenters. The zero-order chi connectivity index (χ0) is 12.4. The summed E-state index contributed by atoms with van der Waals surface area (Å²) in [6, 6.07) is 5.80. The highest BCUT2D eigenvalue weighted by molar-refractivity contribution is 5.07. The molecule has 2 heterocycles. The highest BCUT2D eigenvalue weighted by Crippen LogP contribution is 2.29. The molecule has 2 aliphatic rings. The Morgan fingerprint density at radius 2 is 1.89 bits per heavy atom. The van der Waals surface area contributed by atoms with Crippen molar-refractivity contribution >= 4 is 0 Å². The van der Waals surface area contributed by atoms with Crippen molar-refractivity contribution in [1.82, 2.24) is 10.2 Å². The molecule has 1 saturated carbocycles. The zero-order valence-corrected chi connectivity index (χ0v) is 11.3. The zero-order valence-electron chi connectivity index (χ0n) is 11.3. The summed E-state index contributed by atoms with van der Waals surface area (Å²) in [6.45, 7) is 5.57. The Morgan fingerprint density at radius 1 is 1.17 bits per heavy atom. The van der Waals surface area contributed by atoms with Crippen LogP contribution in [-0.2, 0) is 13.0 Å². The van der Waals surface area contributed by atoms with Crippen LogP contribution in [0.5, 0.6) is 0 Å². The van der Waals surface area contributed by atoms with Gasteiger partial charge in [-0.25, -0.2) is 0 Å². The van der Waals surface area contributed by atoms with Crippen LogP contribution in [0.3, 0.4) is 0 Å². The molecule has 1 N–H and O–H groups in total. The monoisotopic (exact) mass is 248 g/mol. The molecule has 3 heteroatoms. The van der Waals surface area contributed by atoms with E-state index in [2.05, 4.69) is 29.3 Å². The minimum atomic E-state index is 0.676. The average molecular weight is 248 g/mol. The van der Waals surface area contributed by atoms with Crippen molar-refractivity contribution in [1.29, 1.82) is 0 Å². The topological polar surface area (TPSA) is 28.4 Å². The molecule has 0 spiro atoms. The molecule has 2 fully saturated rings. The molecule has 1 aromatic rings. The Balaban J connectivity index is 1.41. The predicted octanol–water partition coefficient (Wildman–Crippen LogP) is 2.56. The minimum Gasteiger partial charge on any atom is -0.465 e. The predicted molar refractivity (Wildman–Crippen MR) is 72.5 cm³/mol. The molecule has 0 amide bonds. The summed E-state index contributed by atoms with van der Waals surface area (Å²) in [6.07, 6.45) is 6.43. The van der Waals surface area contributed by atoms with Crippen molar-refractivity contribution in [3.05, 3.63) is 23.7 Å². The summed E-state index contributed by atoms with van der Waals surface area (Å²) in [7, 11) is 0. The van der Waals surface area contributed by atoms with E-state index in [0.717, 1.165) is 30.5 Å². The maximum atomic E-state index is 5.72. The highest BCUT2D eigenvalue weighted by Gasteiger charge is 2.31. The fourth-order valence-electron chi connectivity index (χ4n) is 2.86. The molecule has 18 heavy (non-hydrogen) atoms. The summed E-state index contributed by atoms with van der Waals surface area (Å²) in [5.74, 6) is 2.17. The Morgan fingerprint density at radius 3 is 2.50 bits per heavy atom. The van der Waals surface area contributed by atoms with Gasteiger partial charge in [-0.3, -0.25) is 0 Å². The second-order valence-electron chi connectivity index (χ2n) is 5.64. The molecule has 0 bridgehead atoms. The summed E-state index contributed by atoms with van der Waals surface area (Å²) in [5, 5.41) is 3.63. The van der Waals surface area contributed by atoms with E-state index in [4.69, 9.17) is 4.42 Å². The summed E-state index contributed by atoms with van der Waals surface area (Å²) < 4.78 is 5.72. The van der Waals surface area contributed by atoms with Gasteiger partial charge in [0, 0.05) is 18.5 Å².